The highest BCUT2D eigenvalue weighted by molar-refractivity contribution is 5.78. The number of amides is 1. The van der Waals surface area contributed by atoms with Crippen molar-refractivity contribution in [3.8, 4) is 5.75 Å². The molecule has 1 saturated heterocycles. The van der Waals surface area contributed by atoms with Crippen molar-refractivity contribution in [3.05, 3.63) is 59.2 Å². The first-order valence-corrected chi connectivity index (χ1v) is 8.82. The third-order valence-corrected chi connectivity index (χ3v) is 4.87. The minimum Gasteiger partial charge on any atom is -0.484 e. The Labute approximate surface area is 150 Å². The highest BCUT2D eigenvalue weighted by Gasteiger charge is 2.21. The van der Waals surface area contributed by atoms with E-state index in [2.05, 4.69) is 36.9 Å². The van der Waals surface area contributed by atoms with Crippen molar-refractivity contribution in [2.24, 2.45) is 0 Å². The van der Waals surface area contributed by atoms with Crippen LogP contribution in [0.2, 0.25) is 0 Å². The second-order valence-electron chi connectivity index (χ2n) is 6.74. The summed E-state index contributed by atoms with van der Waals surface area (Å²) in [7, 11) is 0. The fourth-order valence-electron chi connectivity index (χ4n) is 3.01. The average Bonchev–Trinajstić information content (AvgIpc) is 2.63. The molecule has 0 aromatic heterocycles. The zero-order valence-corrected chi connectivity index (χ0v) is 15.3. The summed E-state index contributed by atoms with van der Waals surface area (Å²) in [5, 5.41) is 0. The van der Waals surface area contributed by atoms with Gasteiger partial charge in [-0.1, -0.05) is 23.8 Å². The molecule has 3 rings (SSSR count). The standard InChI is InChI=1S/C21H26N2O2/c1-16-4-8-20(9-5-16)25-15-21(24)23-12-10-22(11-13-23)19-7-6-17(2)18(3)14-19/h4-9,14H,10-13,15H2,1-3H3. The lowest BCUT2D eigenvalue weighted by atomic mass is 10.1. The van der Waals surface area contributed by atoms with Gasteiger partial charge < -0.3 is 14.5 Å². The Morgan fingerprint density at radius 3 is 2.24 bits per heavy atom. The van der Waals surface area contributed by atoms with Crippen LogP contribution in [0.1, 0.15) is 16.7 Å². The number of benzene rings is 2. The van der Waals surface area contributed by atoms with Crippen LogP contribution < -0.4 is 9.64 Å². The zero-order chi connectivity index (χ0) is 17.8. The van der Waals surface area contributed by atoms with Gasteiger partial charge in [-0.25, -0.2) is 0 Å². The molecule has 0 bridgehead atoms. The number of hydrogen-bond donors (Lipinski definition) is 0. The maximum atomic E-state index is 12.4. The smallest absolute Gasteiger partial charge is 0.260 e. The topological polar surface area (TPSA) is 32.8 Å². The van der Waals surface area contributed by atoms with Gasteiger partial charge in [-0.2, -0.15) is 0 Å². The van der Waals surface area contributed by atoms with Crippen molar-refractivity contribution in [2.45, 2.75) is 20.8 Å². The van der Waals surface area contributed by atoms with E-state index in [1.165, 1.54) is 22.4 Å². The molecule has 0 spiro atoms. The van der Waals surface area contributed by atoms with Gasteiger partial charge in [0.25, 0.3) is 5.91 Å². The molecule has 2 aromatic rings. The fourth-order valence-corrected chi connectivity index (χ4v) is 3.01. The largest absolute Gasteiger partial charge is 0.484 e. The predicted molar refractivity (Wildman–Crippen MR) is 101 cm³/mol. The number of piperazine rings is 1. The number of rotatable bonds is 4. The molecule has 1 heterocycles. The molecule has 0 radical (unpaired) electrons. The second kappa shape index (κ2) is 7.60. The molecular formula is C21H26N2O2. The van der Waals surface area contributed by atoms with Crippen LogP contribution in [0.5, 0.6) is 5.75 Å². The van der Waals surface area contributed by atoms with Gasteiger partial charge in [0.15, 0.2) is 6.61 Å². The number of carbonyl (C=O) groups excluding carboxylic acids is 1. The molecule has 4 heteroatoms. The molecule has 2 aromatic carbocycles. The lowest BCUT2D eigenvalue weighted by Crippen LogP contribution is -2.50. The Hall–Kier alpha value is -2.49. The van der Waals surface area contributed by atoms with Crippen LogP contribution in [0.25, 0.3) is 0 Å². The third-order valence-electron chi connectivity index (χ3n) is 4.87. The second-order valence-corrected chi connectivity index (χ2v) is 6.74. The molecule has 1 fully saturated rings. The number of nitrogens with zero attached hydrogens (tertiary/aromatic N) is 2. The van der Waals surface area contributed by atoms with E-state index in [1.807, 2.05) is 36.1 Å². The summed E-state index contributed by atoms with van der Waals surface area (Å²) >= 11 is 0. The van der Waals surface area contributed by atoms with Gasteiger partial charge >= 0.3 is 0 Å². The van der Waals surface area contributed by atoms with Gasteiger partial charge in [-0.05, 0) is 56.2 Å². The van der Waals surface area contributed by atoms with Gasteiger partial charge in [-0.15, -0.1) is 0 Å². The van der Waals surface area contributed by atoms with E-state index in [0.717, 1.165) is 31.9 Å². The number of hydrogen-bond acceptors (Lipinski definition) is 3. The molecule has 0 unspecified atom stereocenters. The van der Waals surface area contributed by atoms with Crippen LogP contribution in [0.15, 0.2) is 42.5 Å². The molecule has 25 heavy (non-hydrogen) atoms. The van der Waals surface area contributed by atoms with Crippen molar-refractivity contribution in [3.63, 3.8) is 0 Å². The van der Waals surface area contributed by atoms with E-state index in [4.69, 9.17) is 4.74 Å². The van der Waals surface area contributed by atoms with E-state index in [-0.39, 0.29) is 12.5 Å². The SMILES string of the molecule is Cc1ccc(OCC(=O)N2CCN(c3ccc(C)c(C)c3)CC2)cc1. The lowest BCUT2D eigenvalue weighted by molar-refractivity contribution is -0.133. The van der Waals surface area contributed by atoms with E-state index in [1.54, 1.807) is 0 Å². The van der Waals surface area contributed by atoms with Gasteiger partial charge in [0.05, 0.1) is 0 Å². The van der Waals surface area contributed by atoms with Crippen molar-refractivity contribution < 1.29 is 9.53 Å². The van der Waals surface area contributed by atoms with Crippen LogP contribution >= 0.6 is 0 Å². The summed E-state index contributed by atoms with van der Waals surface area (Å²) in [6.45, 7) is 9.60. The Morgan fingerprint density at radius 2 is 1.60 bits per heavy atom. The molecule has 132 valence electrons. The molecule has 1 amide bonds. The van der Waals surface area contributed by atoms with Crippen LogP contribution in [0.4, 0.5) is 5.69 Å². The van der Waals surface area contributed by atoms with Crippen LogP contribution in [-0.2, 0) is 4.79 Å². The average molecular weight is 338 g/mol. The summed E-state index contributed by atoms with van der Waals surface area (Å²) in [4.78, 5) is 16.6. The van der Waals surface area contributed by atoms with E-state index in [9.17, 15) is 4.79 Å². The first-order valence-electron chi connectivity index (χ1n) is 8.82. The number of carbonyl (C=O) groups is 1. The van der Waals surface area contributed by atoms with Crippen molar-refractivity contribution in [1.29, 1.82) is 0 Å². The van der Waals surface area contributed by atoms with Crippen molar-refractivity contribution in [2.75, 3.05) is 37.7 Å². The van der Waals surface area contributed by atoms with E-state index >= 15 is 0 Å². The molecule has 4 nitrogen and oxygen atoms in total. The summed E-state index contributed by atoms with van der Waals surface area (Å²) in [6, 6.07) is 14.3. The molecular weight excluding hydrogens is 312 g/mol. The Balaban J connectivity index is 1.50. The monoisotopic (exact) mass is 338 g/mol. The summed E-state index contributed by atoms with van der Waals surface area (Å²) in [5.74, 6) is 0.799. The normalized spacial score (nSPS) is 14.5. The maximum absolute atomic E-state index is 12.4. The predicted octanol–water partition coefficient (Wildman–Crippen LogP) is 3.34. The minimum absolute atomic E-state index is 0.0558. The molecule has 0 atom stereocenters. The van der Waals surface area contributed by atoms with E-state index < -0.39 is 0 Å². The van der Waals surface area contributed by atoms with Crippen LogP contribution in [-0.4, -0.2) is 43.6 Å². The lowest BCUT2D eigenvalue weighted by Gasteiger charge is -2.36. The minimum atomic E-state index is 0.0558. The third kappa shape index (κ3) is 4.32. The Bertz CT molecular complexity index is 732. The Morgan fingerprint density at radius 1 is 0.920 bits per heavy atom. The fraction of sp³-hybridized carbons (Fsp3) is 0.381. The highest BCUT2D eigenvalue weighted by atomic mass is 16.5. The van der Waals surface area contributed by atoms with Crippen molar-refractivity contribution >= 4 is 11.6 Å². The number of aryl methyl sites for hydroxylation is 3. The van der Waals surface area contributed by atoms with Gasteiger partial charge in [0.1, 0.15) is 5.75 Å². The van der Waals surface area contributed by atoms with E-state index in [0.29, 0.717) is 0 Å². The highest BCUT2D eigenvalue weighted by Crippen LogP contribution is 2.20. The molecule has 0 N–H and O–H groups in total. The molecule has 1 aliphatic rings. The number of anilines is 1. The summed E-state index contributed by atoms with van der Waals surface area (Å²) in [6.07, 6.45) is 0. The molecule has 0 aliphatic carbocycles. The van der Waals surface area contributed by atoms with Gasteiger partial charge in [0, 0.05) is 31.9 Å². The zero-order valence-electron chi connectivity index (χ0n) is 15.3. The Kier molecular flexibility index (Phi) is 5.27. The van der Waals surface area contributed by atoms with Crippen LogP contribution in [0, 0.1) is 20.8 Å². The maximum Gasteiger partial charge on any atom is 0.260 e. The first-order chi connectivity index (χ1) is 12.0. The van der Waals surface area contributed by atoms with Crippen LogP contribution in [0.3, 0.4) is 0 Å². The van der Waals surface area contributed by atoms with Gasteiger partial charge in [-0.3, -0.25) is 4.79 Å². The van der Waals surface area contributed by atoms with Gasteiger partial charge in [0.2, 0.25) is 0 Å². The molecule has 0 saturated carbocycles. The summed E-state index contributed by atoms with van der Waals surface area (Å²) < 4.78 is 5.61. The van der Waals surface area contributed by atoms with Crippen molar-refractivity contribution in [1.82, 2.24) is 4.90 Å². The quantitative estimate of drug-likeness (QED) is 0.857. The number of ether oxygens (including phenoxy) is 1. The first kappa shape index (κ1) is 17.3. The molecule has 1 aliphatic heterocycles. The summed E-state index contributed by atoms with van der Waals surface area (Å²) in [5.41, 5.74) is 5.04.